The second kappa shape index (κ2) is 8.20. The number of non-ortho nitro benzene ring substituents is 2. The summed E-state index contributed by atoms with van der Waals surface area (Å²) < 4.78 is 6.02. The summed E-state index contributed by atoms with van der Waals surface area (Å²) in [6.45, 7) is -0.00300. The van der Waals surface area contributed by atoms with Gasteiger partial charge in [-0.25, -0.2) is 0 Å². The Hall–Kier alpha value is -3.58. The van der Waals surface area contributed by atoms with Gasteiger partial charge >= 0.3 is 0 Å². The lowest BCUT2D eigenvalue weighted by Crippen LogP contribution is -2.07. The zero-order valence-electron chi connectivity index (χ0n) is 14.2. The fraction of sp³-hybridized carbons (Fsp3) is 0.100. The van der Waals surface area contributed by atoms with Crippen molar-refractivity contribution in [3.63, 3.8) is 0 Å². The van der Waals surface area contributed by atoms with E-state index >= 15 is 0 Å². The van der Waals surface area contributed by atoms with Crippen molar-refractivity contribution in [2.75, 3.05) is 0 Å². The molecule has 0 fully saturated rings. The molecule has 0 radical (unpaired) electrons. The molecule has 0 saturated heterocycles. The summed E-state index contributed by atoms with van der Waals surface area (Å²) in [5.41, 5.74) is 1.54. The molecule has 0 amide bonds. The number of benzene rings is 3. The molecule has 0 unspecified atom stereocenters. The SMILES string of the molecule is O=[N+]([O-])c1cc(COC(c2ccccc2)c2ccccc2)cc([N+](=O)[O-])c1. The van der Waals surface area contributed by atoms with Crippen LogP contribution in [0.25, 0.3) is 0 Å². The van der Waals surface area contributed by atoms with Crippen LogP contribution in [-0.2, 0) is 11.3 Å². The van der Waals surface area contributed by atoms with E-state index in [0.717, 1.165) is 17.2 Å². The van der Waals surface area contributed by atoms with E-state index in [1.54, 1.807) is 0 Å². The van der Waals surface area contributed by atoms with Crippen LogP contribution < -0.4 is 0 Å². The minimum absolute atomic E-state index is 0.00300. The molecule has 0 aliphatic carbocycles. The summed E-state index contributed by atoms with van der Waals surface area (Å²) in [7, 11) is 0. The first-order valence-electron chi connectivity index (χ1n) is 8.19. The summed E-state index contributed by atoms with van der Waals surface area (Å²) in [5, 5.41) is 22.1. The van der Waals surface area contributed by atoms with Gasteiger partial charge in [0.1, 0.15) is 6.10 Å². The largest absolute Gasteiger partial charge is 0.364 e. The van der Waals surface area contributed by atoms with E-state index in [1.807, 2.05) is 60.7 Å². The second-order valence-electron chi connectivity index (χ2n) is 5.88. The molecule has 0 spiro atoms. The maximum Gasteiger partial charge on any atom is 0.276 e. The first-order valence-corrected chi connectivity index (χ1v) is 8.19. The van der Waals surface area contributed by atoms with Crippen LogP contribution >= 0.6 is 0 Å². The van der Waals surface area contributed by atoms with Crippen LogP contribution in [0.3, 0.4) is 0 Å². The van der Waals surface area contributed by atoms with Gasteiger partial charge in [0.05, 0.1) is 22.5 Å². The van der Waals surface area contributed by atoms with Gasteiger partial charge in [0.15, 0.2) is 0 Å². The number of nitrogens with zero attached hydrogens (tertiary/aromatic N) is 2. The minimum Gasteiger partial charge on any atom is -0.364 e. The van der Waals surface area contributed by atoms with E-state index in [9.17, 15) is 20.2 Å². The van der Waals surface area contributed by atoms with Crippen LogP contribution in [0.2, 0.25) is 0 Å². The van der Waals surface area contributed by atoms with Gasteiger partial charge in [-0.05, 0) is 16.7 Å². The number of nitro groups is 2. The van der Waals surface area contributed by atoms with E-state index in [-0.39, 0.29) is 18.0 Å². The van der Waals surface area contributed by atoms with E-state index in [0.29, 0.717) is 5.56 Å². The van der Waals surface area contributed by atoms with Gasteiger partial charge in [-0.3, -0.25) is 20.2 Å². The highest BCUT2D eigenvalue weighted by Crippen LogP contribution is 2.29. The fourth-order valence-corrected chi connectivity index (χ4v) is 2.77. The van der Waals surface area contributed by atoms with Crippen LogP contribution in [0.4, 0.5) is 11.4 Å². The predicted molar refractivity (Wildman–Crippen MR) is 99.3 cm³/mol. The number of hydrogen-bond acceptors (Lipinski definition) is 5. The number of nitro benzene ring substituents is 2. The van der Waals surface area contributed by atoms with Crippen molar-refractivity contribution in [1.82, 2.24) is 0 Å². The minimum atomic E-state index is -0.650. The quantitative estimate of drug-likeness (QED) is 0.443. The third-order valence-electron chi connectivity index (χ3n) is 4.01. The van der Waals surface area contributed by atoms with Crippen molar-refractivity contribution < 1.29 is 14.6 Å². The Labute approximate surface area is 155 Å². The number of hydrogen-bond donors (Lipinski definition) is 0. The van der Waals surface area contributed by atoms with Crippen LogP contribution in [0.5, 0.6) is 0 Å². The fourth-order valence-electron chi connectivity index (χ4n) is 2.77. The zero-order chi connectivity index (χ0) is 19.2. The van der Waals surface area contributed by atoms with Gasteiger partial charge in [-0.15, -0.1) is 0 Å². The second-order valence-corrected chi connectivity index (χ2v) is 5.88. The highest BCUT2D eigenvalue weighted by Gasteiger charge is 2.19. The van der Waals surface area contributed by atoms with Crippen molar-refractivity contribution >= 4 is 11.4 Å². The van der Waals surface area contributed by atoms with Crippen LogP contribution in [0, 0.1) is 20.2 Å². The van der Waals surface area contributed by atoms with Gasteiger partial charge in [0.25, 0.3) is 11.4 Å². The zero-order valence-corrected chi connectivity index (χ0v) is 14.2. The van der Waals surface area contributed by atoms with E-state index in [1.165, 1.54) is 12.1 Å². The molecule has 27 heavy (non-hydrogen) atoms. The standard InChI is InChI=1S/C20H16N2O5/c23-21(24)18-11-15(12-19(13-18)22(25)26)14-27-20(16-7-3-1-4-8-16)17-9-5-2-6-10-17/h1-13,20H,14H2. The Bertz CT molecular complexity index is 873. The van der Waals surface area contributed by atoms with Crippen molar-refractivity contribution in [1.29, 1.82) is 0 Å². The molecule has 7 nitrogen and oxygen atoms in total. The monoisotopic (exact) mass is 364 g/mol. The maximum absolute atomic E-state index is 11.1. The molecule has 0 aliphatic rings. The predicted octanol–water partition coefficient (Wildman–Crippen LogP) is 4.81. The van der Waals surface area contributed by atoms with Crippen molar-refractivity contribution in [3.05, 3.63) is 116 Å². The Morgan fingerprint density at radius 3 is 1.59 bits per heavy atom. The summed E-state index contributed by atoms with van der Waals surface area (Å²) in [6, 6.07) is 22.6. The van der Waals surface area contributed by atoms with Gasteiger partial charge < -0.3 is 4.74 Å². The Morgan fingerprint density at radius 2 is 1.19 bits per heavy atom. The smallest absolute Gasteiger partial charge is 0.276 e. The Balaban J connectivity index is 1.90. The van der Waals surface area contributed by atoms with Crippen LogP contribution in [0.1, 0.15) is 22.8 Å². The molecule has 3 aromatic carbocycles. The van der Waals surface area contributed by atoms with Crippen LogP contribution in [-0.4, -0.2) is 9.85 Å². The number of ether oxygens (including phenoxy) is 1. The first-order chi connectivity index (χ1) is 13.0. The molecule has 0 N–H and O–H groups in total. The molecule has 3 rings (SSSR count). The van der Waals surface area contributed by atoms with Crippen molar-refractivity contribution in [3.8, 4) is 0 Å². The summed E-state index contributed by atoms with van der Waals surface area (Å²) in [5.74, 6) is 0. The van der Waals surface area contributed by atoms with Crippen molar-refractivity contribution in [2.45, 2.75) is 12.7 Å². The summed E-state index contributed by atoms with van der Waals surface area (Å²) in [6.07, 6.45) is -0.397. The Kier molecular flexibility index (Phi) is 5.53. The first kappa shape index (κ1) is 18.2. The molecular weight excluding hydrogens is 348 g/mol. The summed E-state index contributed by atoms with van der Waals surface area (Å²) in [4.78, 5) is 20.8. The highest BCUT2D eigenvalue weighted by molar-refractivity contribution is 5.46. The Morgan fingerprint density at radius 1 is 0.741 bits per heavy atom. The van der Waals surface area contributed by atoms with E-state index in [4.69, 9.17) is 4.74 Å². The topological polar surface area (TPSA) is 95.5 Å². The van der Waals surface area contributed by atoms with Gasteiger partial charge in [0, 0.05) is 12.1 Å². The summed E-state index contributed by atoms with van der Waals surface area (Å²) >= 11 is 0. The molecular formula is C20H16N2O5. The average molecular weight is 364 g/mol. The third-order valence-corrected chi connectivity index (χ3v) is 4.01. The lowest BCUT2D eigenvalue weighted by atomic mass is 10.0. The molecule has 0 aromatic heterocycles. The lowest BCUT2D eigenvalue weighted by molar-refractivity contribution is -0.394. The molecule has 0 saturated carbocycles. The maximum atomic E-state index is 11.1. The van der Waals surface area contributed by atoms with E-state index < -0.39 is 16.0 Å². The van der Waals surface area contributed by atoms with Gasteiger partial charge in [-0.1, -0.05) is 60.7 Å². The number of rotatable bonds is 7. The van der Waals surface area contributed by atoms with E-state index in [2.05, 4.69) is 0 Å². The highest BCUT2D eigenvalue weighted by atomic mass is 16.6. The van der Waals surface area contributed by atoms with Gasteiger partial charge in [0.2, 0.25) is 0 Å². The molecule has 0 aliphatic heterocycles. The molecule has 0 bridgehead atoms. The normalized spacial score (nSPS) is 10.7. The van der Waals surface area contributed by atoms with Crippen LogP contribution in [0.15, 0.2) is 78.9 Å². The molecule has 0 heterocycles. The van der Waals surface area contributed by atoms with Gasteiger partial charge in [-0.2, -0.15) is 0 Å². The molecule has 7 heteroatoms. The molecule has 3 aromatic rings. The van der Waals surface area contributed by atoms with Crippen molar-refractivity contribution in [2.24, 2.45) is 0 Å². The molecule has 0 atom stereocenters. The molecule has 136 valence electrons. The lowest BCUT2D eigenvalue weighted by Gasteiger charge is -2.19. The third kappa shape index (κ3) is 4.53. The average Bonchev–Trinajstić information content (AvgIpc) is 2.69.